The highest BCUT2D eigenvalue weighted by molar-refractivity contribution is 7.89. The number of hydrogen-bond donors (Lipinski definition) is 1. The highest BCUT2D eigenvalue weighted by atomic mass is 35.5. The SMILES string of the molecule is CC1(C)C(CNS(=O)(=O)CCCl)C1(C)C. The molecule has 1 saturated carbocycles. The van der Waals surface area contributed by atoms with Crippen LogP contribution in [0.3, 0.4) is 0 Å². The largest absolute Gasteiger partial charge is 0.215 e. The van der Waals surface area contributed by atoms with Crippen molar-refractivity contribution in [3.05, 3.63) is 0 Å². The molecule has 0 saturated heterocycles. The van der Waals surface area contributed by atoms with Gasteiger partial charge in [-0.2, -0.15) is 0 Å². The van der Waals surface area contributed by atoms with Crippen LogP contribution in [0.15, 0.2) is 0 Å². The van der Waals surface area contributed by atoms with Gasteiger partial charge in [0.1, 0.15) is 0 Å². The minimum Gasteiger partial charge on any atom is -0.215 e. The lowest BCUT2D eigenvalue weighted by atomic mass is 10.0. The first-order valence-corrected chi connectivity index (χ1v) is 7.37. The molecule has 0 aromatic rings. The number of sulfonamides is 1. The van der Waals surface area contributed by atoms with E-state index in [-0.39, 0.29) is 22.5 Å². The molecule has 0 heterocycles. The molecule has 1 rings (SSSR count). The molecule has 0 aromatic carbocycles. The fraction of sp³-hybridized carbons (Fsp3) is 1.00. The first-order chi connectivity index (χ1) is 6.65. The molecule has 5 heteroatoms. The van der Waals surface area contributed by atoms with Crippen molar-refractivity contribution in [1.82, 2.24) is 4.72 Å². The third-order valence-corrected chi connectivity index (χ3v) is 5.93. The van der Waals surface area contributed by atoms with Gasteiger partial charge in [-0.3, -0.25) is 0 Å². The zero-order valence-corrected chi connectivity index (χ0v) is 11.4. The smallest absolute Gasteiger partial charge is 0.212 e. The van der Waals surface area contributed by atoms with Gasteiger partial charge >= 0.3 is 0 Å². The molecule has 1 fully saturated rings. The van der Waals surface area contributed by atoms with Crippen molar-refractivity contribution in [1.29, 1.82) is 0 Å². The zero-order valence-electron chi connectivity index (χ0n) is 9.80. The van der Waals surface area contributed by atoms with Gasteiger partial charge in [0.15, 0.2) is 0 Å². The summed E-state index contributed by atoms with van der Waals surface area (Å²) in [6.07, 6.45) is 0. The fourth-order valence-electron chi connectivity index (χ4n) is 2.23. The zero-order chi connectivity index (χ0) is 11.9. The van der Waals surface area contributed by atoms with E-state index in [0.717, 1.165) is 0 Å². The Morgan fingerprint density at radius 2 is 1.67 bits per heavy atom. The van der Waals surface area contributed by atoms with E-state index in [1.165, 1.54) is 0 Å². The van der Waals surface area contributed by atoms with Crippen molar-refractivity contribution >= 4 is 21.6 Å². The Morgan fingerprint density at radius 3 is 2.00 bits per heavy atom. The third kappa shape index (κ3) is 2.48. The number of alkyl halides is 1. The van der Waals surface area contributed by atoms with Crippen LogP contribution in [0, 0.1) is 16.7 Å². The lowest BCUT2D eigenvalue weighted by molar-refractivity contribution is 0.457. The predicted molar refractivity (Wildman–Crippen MR) is 63.6 cm³/mol. The third-order valence-electron chi connectivity index (χ3n) is 4.17. The monoisotopic (exact) mass is 253 g/mol. The van der Waals surface area contributed by atoms with Gasteiger partial charge in [0.05, 0.1) is 5.75 Å². The molecule has 0 unspecified atom stereocenters. The maximum atomic E-state index is 11.4. The second kappa shape index (κ2) is 3.90. The maximum absolute atomic E-state index is 11.4. The van der Waals surface area contributed by atoms with Gasteiger partial charge < -0.3 is 0 Å². The second-order valence-corrected chi connectivity index (χ2v) is 7.66. The van der Waals surface area contributed by atoms with Crippen LogP contribution in [0.1, 0.15) is 27.7 Å². The summed E-state index contributed by atoms with van der Waals surface area (Å²) in [5.41, 5.74) is 0.437. The van der Waals surface area contributed by atoms with Gasteiger partial charge in [0.2, 0.25) is 10.0 Å². The Kier molecular flexibility index (Phi) is 3.45. The van der Waals surface area contributed by atoms with Crippen LogP contribution in [0.2, 0.25) is 0 Å². The summed E-state index contributed by atoms with van der Waals surface area (Å²) >= 11 is 5.41. The number of rotatable bonds is 5. The van der Waals surface area contributed by atoms with Gasteiger partial charge in [-0.25, -0.2) is 13.1 Å². The molecule has 0 radical (unpaired) electrons. The molecule has 1 aliphatic carbocycles. The molecule has 0 aliphatic heterocycles. The van der Waals surface area contributed by atoms with E-state index in [9.17, 15) is 8.42 Å². The molecule has 90 valence electrons. The molecule has 15 heavy (non-hydrogen) atoms. The van der Waals surface area contributed by atoms with E-state index < -0.39 is 10.0 Å². The molecule has 0 atom stereocenters. The minimum absolute atomic E-state index is 0.00212. The Bertz CT molecular complexity index is 321. The van der Waals surface area contributed by atoms with Crippen molar-refractivity contribution in [2.45, 2.75) is 27.7 Å². The van der Waals surface area contributed by atoms with E-state index in [0.29, 0.717) is 12.5 Å². The van der Waals surface area contributed by atoms with Crippen LogP contribution in [0.5, 0.6) is 0 Å². The number of hydrogen-bond acceptors (Lipinski definition) is 2. The van der Waals surface area contributed by atoms with Crippen LogP contribution >= 0.6 is 11.6 Å². The number of halogens is 1. The van der Waals surface area contributed by atoms with Crippen LogP contribution in [0.25, 0.3) is 0 Å². The van der Waals surface area contributed by atoms with Gasteiger partial charge in [-0.1, -0.05) is 27.7 Å². The van der Waals surface area contributed by atoms with E-state index in [1.807, 2.05) is 0 Å². The van der Waals surface area contributed by atoms with Crippen molar-refractivity contribution in [3.63, 3.8) is 0 Å². The Hall–Kier alpha value is 0.200. The van der Waals surface area contributed by atoms with E-state index in [2.05, 4.69) is 32.4 Å². The maximum Gasteiger partial charge on any atom is 0.212 e. The van der Waals surface area contributed by atoms with E-state index >= 15 is 0 Å². The molecular formula is C10H20ClNO2S. The van der Waals surface area contributed by atoms with Crippen LogP contribution in [-0.2, 0) is 10.0 Å². The standard InChI is InChI=1S/C10H20ClNO2S/c1-9(2)8(10(9,3)4)7-12-15(13,14)6-5-11/h8,12H,5-7H2,1-4H3. The highest BCUT2D eigenvalue weighted by Gasteiger charge is 2.64. The molecule has 3 nitrogen and oxygen atoms in total. The van der Waals surface area contributed by atoms with E-state index in [1.54, 1.807) is 0 Å². The lowest BCUT2D eigenvalue weighted by Gasteiger charge is -2.05. The molecular weight excluding hydrogens is 234 g/mol. The predicted octanol–water partition coefficient (Wildman–Crippen LogP) is 1.83. The Balaban J connectivity index is 2.48. The van der Waals surface area contributed by atoms with Gasteiger partial charge in [0, 0.05) is 12.4 Å². The van der Waals surface area contributed by atoms with Crippen molar-refractivity contribution in [2.75, 3.05) is 18.2 Å². The summed E-state index contributed by atoms with van der Waals surface area (Å²) in [7, 11) is -3.17. The summed E-state index contributed by atoms with van der Waals surface area (Å²) < 4.78 is 25.4. The second-order valence-electron chi connectivity index (χ2n) is 5.35. The molecule has 0 bridgehead atoms. The summed E-state index contributed by atoms with van der Waals surface area (Å²) in [4.78, 5) is 0. The molecule has 0 spiro atoms. The quantitative estimate of drug-likeness (QED) is 0.760. The lowest BCUT2D eigenvalue weighted by Crippen LogP contribution is -2.30. The molecule has 1 aliphatic rings. The summed E-state index contributed by atoms with van der Waals surface area (Å²) in [5.74, 6) is 0.560. The first kappa shape index (κ1) is 13.3. The molecule has 0 aromatic heterocycles. The highest BCUT2D eigenvalue weighted by Crippen LogP contribution is 2.67. The van der Waals surface area contributed by atoms with Gasteiger partial charge in [-0.05, 0) is 16.7 Å². The first-order valence-electron chi connectivity index (χ1n) is 5.18. The summed E-state index contributed by atoms with van der Waals surface area (Å²) in [5, 5.41) is 0. The average molecular weight is 254 g/mol. The van der Waals surface area contributed by atoms with Crippen LogP contribution < -0.4 is 4.72 Å². The van der Waals surface area contributed by atoms with Gasteiger partial charge in [-0.15, -0.1) is 11.6 Å². The average Bonchev–Trinajstić information content (AvgIpc) is 2.40. The Labute approximate surface area is 97.6 Å². The summed E-state index contributed by atoms with van der Waals surface area (Å²) in [6, 6.07) is 0. The molecule has 1 N–H and O–H groups in total. The Morgan fingerprint density at radius 1 is 1.20 bits per heavy atom. The minimum atomic E-state index is -3.17. The fourth-order valence-corrected chi connectivity index (χ4v) is 3.61. The summed E-state index contributed by atoms with van der Waals surface area (Å²) in [6.45, 7) is 9.22. The molecule has 0 amide bonds. The van der Waals surface area contributed by atoms with Crippen molar-refractivity contribution < 1.29 is 8.42 Å². The van der Waals surface area contributed by atoms with Crippen LogP contribution in [-0.4, -0.2) is 26.6 Å². The van der Waals surface area contributed by atoms with Crippen LogP contribution in [0.4, 0.5) is 0 Å². The van der Waals surface area contributed by atoms with Crippen molar-refractivity contribution in [2.24, 2.45) is 16.7 Å². The van der Waals surface area contributed by atoms with Crippen molar-refractivity contribution in [3.8, 4) is 0 Å². The van der Waals surface area contributed by atoms with E-state index in [4.69, 9.17) is 11.6 Å². The number of nitrogens with one attached hydrogen (secondary N) is 1. The normalized spacial score (nSPS) is 24.1. The van der Waals surface area contributed by atoms with Gasteiger partial charge in [0.25, 0.3) is 0 Å². The topological polar surface area (TPSA) is 46.2 Å².